The van der Waals surface area contributed by atoms with Crippen molar-refractivity contribution in [3.8, 4) is 0 Å². The van der Waals surface area contributed by atoms with E-state index < -0.39 is 5.41 Å². The molecule has 0 aliphatic rings. The van der Waals surface area contributed by atoms with E-state index in [9.17, 15) is 9.59 Å². The summed E-state index contributed by atoms with van der Waals surface area (Å²) >= 11 is 0. The fourth-order valence-electron chi connectivity index (χ4n) is 1.34. The predicted octanol–water partition coefficient (Wildman–Crippen LogP) is 2.45. The van der Waals surface area contributed by atoms with E-state index in [1.165, 1.54) is 12.2 Å². The fourth-order valence-corrected chi connectivity index (χ4v) is 1.34. The van der Waals surface area contributed by atoms with E-state index >= 15 is 0 Å². The average Bonchev–Trinajstić information content (AvgIpc) is 2.41. The number of ether oxygens (including phenoxy) is 1. The maximum absolute atomic E-state index is 11.5. The Hall–Kier alpha value is -2.10. The lowest BCUT2D eigenvalue weighted by atomic mass is 9.97. The van der Waals surface area contributed by atoms with Gasteiger partial charge >= 0.3 is 5.97 Å². The average molecular weight is 275 g/mol. The van der Waals surface area contributed by atoms with Gasteiger partial charge in [-0.3, -0.25) is 9.59 Å². The van der Waals surface area contributed by atoms with Crippen LogP contribution in [0.1, 0.15) is 26.3 Å². The van der Waals surface area contributed by atoms with E-state index in [-0.39, 0.29) is 18.5 Å². The lowest BCUT2D eigenvalue weighted by Gasteiger charge is -2.15. The number of hydrogen-bond donors (Lipinski definition) is 1. The van der Waals surface area contributed by atoms with Gasteiger partial charge in [-0.1, -0.05) is 30.3 Å². The minimum atomic E-state index is -0.524. The minimum Gasteiger partial charge on any atom is -0.461 e. The number of benzene rings is 1. The third-order valence-electron chi connectivity index (χ3n) is 2.50. The van der Waals surface area contributed by atoms with Crippen molar-refractivity contribution in [1.29, 1.82) is 0 Å². The molecule has 108 valence electrons. The number of rotatable bonds is 5. The molecule has 0 atom stereocenters. The maximum Gasteiger partial charge on any atom is 0.311 e. The standard InChI is InChI=1S/C16H21NO3/c1-16(2,3)15(19)20-11-7-10-14(18)17-12-13-8-5-4-6-9-13/h4-10H,11-12H2,1-3H3,(H,17,18)/b10-7+. The summed E-state index contributed by atoms with van der Waals surface area (Å²) in [4.78, 5) is 23.0. The van der Waals surface area contributed by atoms with Crippen LogP contribution in [0, 0.1) is 5.41 Å². The molecule has 4 nitrogen and oxygen atoms in total. The monoisotopic (exact) mass is 275 g/mol. The summed E-state index contributed by atoms with van der Waals surface area (Å²) < 4.78 is 5.01. The Bertz CT molecular complexity index is 472. The molecule has 0 saturated heterocycles. The molecule has 1 N–H and O–H groups in total. The van der Waals surface area contributed by atoms with Crippen molar-refractivity contribution in [2.75, 3.05) is 6.61 Å². The van der Waals surface area contributed by atoms with Gasteiger partial charge in [-0.2, -0.15) is 0 Å². The van der Waals surface area contributed by atoms with E-state index in [0.29, 0.717) is 6.54 Å². The first-order chi connectivity index (χ1) is 9.39. The summed E-state index contributed by atoms with van der Waals surface area (Å²) in [5.41, 5.74) is 0.511. The number of esters is 1. The summed E-state index contributed by atoms with van der Waals surface area (Å²) in [6, 6.07) is 9.64. The van der Waals surface area contributed by atoms with Crippen LogP contribution in [-0.2, 0) is 20.9 Å². The van der Waals surface area contributed by atoms with Crippen molar-refractivity contribution in [2.45, 2.75) is 27.3 Å². The lowest BCUT2D eigenvalue weighted by Crippen LogP contribution is -2.23. The van der Waals surface area contributed by atoms with Gasteiger partial charge in [-0.05, 0) is 32.4 Å². The van der Waals surface area contributed by atoms with E-state index in [1.54, 1.807) is 20.8 Å². The quantitative estimate of drug-likeness (QED) is 0.663. The van der Waals surface area contributed by atoms with Gasteiger partial charge in [0, 0.05) is 12.6 Å². The van der Waals surface area contributed by atoms with E-state index in [2.05, 4.69) is 5.32 Å². The number of amides is 1. The molecule has 0 unspecified atom stereocenters. The van der Waals surface area contributed by atoms with Crippen LogP contribution in [-0.4, -0.2) is 18.5 Å². The highest BCUT2D eigenvalue weighted by Gasteiger charge is 2.22. The van der Waals surface area contributed by atoms with E-state index in [1.807, 2.05) is 30.3 Å². The third-order valence-corrected chi connectivity index (χ3v) is 2.50. The molecule has 1 rings (SSSR count). The zero-order valence-electron chi connectivity index (χ0n) is 12.2. The Morgan fingerprint density at radius 3 is 2.45 bits per heavy atom. The van der Waals surface area contributed by atoms with Gasteiger partial charge in [0.2, 0.25) is 5.91 Å². The van der Waals surface area contributed by atoms with E-state index in [4.69, 9.17) is 4.74 Å². The molecular weight excluding hydrogens is 254 g/mol. The van der Waals surface area contributed by atoms with E-state index in [0.717, 1.165) is 5.56 Å². The molecule has 1 aromatic carbocycles. The zero-order chi connectivity index (χ0) is 15.0. The summed E-state index contributed by atoms with van der Waals surface area (Å²) in [6.45, 7) is 5.93. The maximum atomic E-state index is 11.5. The zero-order valence-corrected chi connectivity index (χ0v) is 12.2. The Labute approximate surface area is 119 Å². The normalized spacial score (nSPS) is 11.3. The van der Waals surface area contributed by atoms with Gasteiger partial charge in [-0.15, -0.1) is 0 Å². The molecule has 0 heterocycles. The highest BCUT2D eigenvalue weighted by atomic mass is 16.5. The first kappa shape index (κ1) is 16.0. The molecule has 0 bridgehead atoms. The Balaban J connectivity index is 2.26. The molecule has 0 saturated carbocycles. The molecule has 20 heavy (non-hydrogen) atoms. The topological polar surface area (TPSA) is 55.4 Å². The molecule has 0 aromatic heterocycles. The van der Waals surface area contributed by atoms with Crippen LogP contribution in [0.4, 0.5) is 0 Å². The first-order valence-corrected chi connectivity index (χ1v) is 6.55. The molecule has 1 amide bonds. The largest absolute Gasteiger partial charge is 0.461 e. The van der Waals surface area contributed by atoms with Crippen LogP contribution >= 0.6 is 0 Å². The molecule has 0 radical (unpaired) electrons. The Morgan fingerprint density at radius 1 is 1.20 bits per heavy atom. The number of nitrogens with one attached hydrogen (secondary N) is 1. The van der Waals surface area contributed by atoms with Gasteiger partial charge in [0.25, 0.3) is 0 Å². The smallest absolute Gasteiger partial charge is 0.311 e. The van der Waals surface area contributed by atoms with Crippen molar-refractivity contribution >= 4 is 11.9 Å². The van der Waals surface area contributed by atoms with Crippen LogP contribution in [0.2, 0.25) is 0 Å². The Kier molecular flexibility index (Phi) is 5.97. The second-order valence-electron chi connectivity index (χ2n) is 5.45. The van der Waals surface area contributed by atoms with Gasteiger partial charge in [0.05, 0.1) is 5.41 Å². The molecule has 0 aliphatic carbocycles. The highest BCUT2D eigenvalue weighted by Crippen LogP contribution is 2.14. The van der Waals surface area contributed by atoms with Crippen molar-refractivity contribution < 1.29 is 14.3 Å². The van der Waals surface area contributed by atoms with Crippen molar-refractivity contribution in [3.05, 3.63) is 48.0 Å². The summed E-state index contributed by atoms with van der Waals surface area (Å²) in [5, 5.41) is 2.75. The van der Waals surface area contributed by atoms with Crippen molar-refractivity contribution in [1.82, 2.24) is 5.32 Å². The minimum absolute atomic E-state index is 0.106. The molecule has 4 heteroatoms. The van der Waals surface area contributed by atoms with Crippen LogP contribution in [0.15, 0.2) is 42.5 Å². The summed E-state index contributed by atoms with van der Waals surface area (Å²) in [7, 11) is 0. The van der Waals surface area contributed by atoms with Crippen LogP contribution in [0.25, 0.3) is 0 Å². The summed E-state index contributed by atoms with van der Waals surface area (Å²) in [6.07, 6.45) is 2.91. The van der Waals surface area contributed by atoms with Crippen LogP contribution in [0.5, 0.6) is 0 Å². The number of carbonyl (C=O) groups is 2. The predicted molar refractivity (Wildman–Crippen MR) is 77.8 cm³/mol. The van der Waals surface area contributed by atoms with Crippen LogP contribution in [0.3, 0.4) is 0 Å². The van der Waals surface area contributed by atoms with Crippen molar-refractivity contribution in [3.63, 3.8) is 0 Å². The van der Waals surface area contributed by atoms with Crippen LogP contribution < -0.4 is 5.32 Å². The second kappa shape index (κ2) is 7.48. The summed E-state index contributed by atoms with van der Waals surface area (Å²) in [5.74, 6) is -0.493. The first-order valence-electron chi connectivity index (χ1n) is 6.55. The highest BCUT2D eigenvalue weighted by molar-refractivity contribution is 5.87. The number of hydrogen-bond acceptors (Lipinski definition) is 3. The van der Waals surface area contributed by atoms with Gasteiger partial charge < -0.3 is 10.1 Å². The number of carbonyl (C=O) groups excluding carboxylic acids is 2. The van der Waals surface area contributed by atoms with Crippen molar-refractivity contribution in [2.24, 2.45) is 5.41 Å². The second-order valence-corrected chi connectivity index (χ2v) is 5.45. The van der Waals surface area contributed by atoms with Gasteiger partial charge in [0.1, 0.15) is 6.61 Å². The molecule has 0 fully saturated rings. The Morgan fingerprint density at radius 2 is 1.85 bits per heavy atom. The molecular formula is C16H21NO3. The lowest BCUT2D eigenvalue weighted by molar-refractivity contribution is -0.151. The van der Waals surface area contributed by atoms with Gasteiger partial charge in [0.15, 0.2) is 0 Å². The molecule has 0 spiro atoms. The SMILES string of the molecule is CC(C)(C)C(=O)OC/C=C/C(=O)NCc1ccccc1. The molecule has 1 aromatic rings. The van der Waals surface area contributed by atoms with Gasteiger partial charge in [-0.25, -0.2) is 0 Å². The fraction of sp³-hybridized carbons (Fsp3) is 0.375. The molecule has 0 aliphatic heterocycles. The third kappa shape index (κ3) is 6.18.